The molecule has 2 aromatic carbocycles. The molecule has 0 spiro atoms. The van der Waals surface area contributed by atoms with Crippen molar-refractivity contribution in [2.45, 2.75) is 26.7 Å². The van der Waals surface area contributed by atoms with Crippen molar-refractivity contribution < 1.29 is 4.39 Å². The molecule has 2 N–H and O–H groups in total. The molecule has 0 aromatic heterocycles. The van der Waals surface area contributed by atoms with Gasteiger partial charge in [-0.15, -0.1) is 0 Å². The van der Waals surface area contributed by atoms with E-state index in [2.05, 4.69) is 32.0 Å². The molecule has 18 heavy (non-hydrogen) atoms. The Morgan fingerprint density at radius 3 is 2.33 bits per heavy atom. The van der Waals surface area contributed by atoms with Gasteiger partial charge in [-0.2, -0.15) is 0 Å². The number of halogens is 1. The summed E-state index contributed by atoms with van der Waals surface area (Å²) in [5.74, 6) is -0.291. The number of nitrogens with two attached hydrogens (primary N) is 1. The maximum absolute atomic E-state index is 13.1. The van der Waals surface area contributed by atoms with Crippen LogP contribution in [-0.4, -0.2) is 0 Å². The van der Waals surface area contributed by atoms with E-state index in [4.69, 9.17) is 5.73 Å². The van der Waals surface area contributed by atoms with Gasteiger partial charge in [-0.05, 0) is 47.7 Å². The number of aryl methyl sites for hydroxylation is 2. The van der Waals surface area contributed by atoms with Gasteiger partial charge in [0.25, 0.3) is 0 Å². The molecule has 0 bridgehead atoms. The van der Waals surface area contributed by atoms with Crippen LogP contribution in [0.4, 0.5) is 10.1 Å². The first-order valence-corrected chi connectivity index (χ1v) is 6.33. The van der Waals surface area contributed by atoms with E-state index in [-0.39, 0.29) is 5.82 Å². The molecule has 0 saturated carbocycles. The zero-order valence-corrected chi connectivity index (χ0v) is 10.8. The van der Waals surface area contributed by atoms with E-state index in [1.54, 1.807) is 6.07 Å². The number of benzene rings is 2. The van der Waals surface area contributed by atoms with Gasteiger partial charge >= 0.3 is 0 Å². The van der Waals surface area contributed by atoms with E-state index in [1.165, 1.54) is 23.3 Å². The van der Waals surface area contributed by atoms with E-state index >= 15 is 0 Å². The summed E-state index contributed by atoms with van der Waals surface area (Å²) in [6.07, 6.45) is 1.92. The lowest BCUT2D eigenvalue weighted by molar-refractivity contribution is 0.628. The molecule has 0 aliphatic heterocycles. The van der Waals surface area contributed by atoms with Crippen molar-refractivity contribution in [2.75, 3.05) is 5.73 Å². The zero-order valence-electron chi connectivity index (χ0n) is 10.8. The highest BCUT2D eigenvalue weighted by molar-refractivity contribution is 5.79. The molecular weight excluding hydrogens is 225 g/mol. The molecule has 0 unspecified atom stereocenters. The van der Waals surface area contributed by atoms with Crippen molar-refractivity contribution in [3.8, 4) is 11.1 Å². The van der Waals surface area contributed by atoms with Crippen LogP contribution in [0.3, 0.4) is 0 Å². The average molecular weight is 243 g/mol. The minimum Gasteiger partial charge on any atom is -0.398 e. The second kappa shape index (κ2) is 5.21. The fourth-order valence-electron chi connectivity index (χ4n) is 2.18. The number of rotatable bonds is 3. The van der Waals surface area contributed by atoms with Gasteiger partial charge in [0, 0.05) is 11.3 Å². The van der Waals surface area contributed by atoms with E-state index in [1.807, 2.05) is 0 Å². The maximum atomic E-state index is 13.1. The molecule has 0 heterocycles. The molecular formula is C16H18FN. The second-order valence-corrected chi connectivity index (χ2v) is 4.43. The Labute approximate surface area is 107 Å². The minimum absolute atomic E-state index is 0.291. The molecule has 2 rings (SSSR count). The first-order valence-electron chi connectivity index (χ1n) is 6.33. The Morgan fingerprint density at radius 2 is 1.72 bits per heavy atom. The Hall–Kier alpha value is -1.83. The van der Waals surface area contributed by atoms with Crippen molar-refractivity contribution in [1.29, 1.82) is 0 Å². The standard InChI is InChI=1S/C16H18FN/c1-3-11-5-6-12(4-2)15(9-11)14-8-7-13(17)10-16(14)18/h5-10H,3-4,18H2,1-2H3. The highest BCUT2D eigenvalue weighted by atomic mass is 19.1. The van der Waals surface area contributed by atoms with Crippen molar-refractivity contribution in [3.05, 3.63) is 53.3 Å². The predicted octanol–water partition coefficient (Wildman–Crippen LogP) is 4.20. The molecule has 0 amide bonds. The van der Waals surface area contributed by atoms with Gasteiger partial charge in [0.1, 0.15) is 5.82 Å². The second-order valence-electron chi connectivity index (χ2n) is 4.43. The van der Waals surface area contributed by atoms with Gasteiger partial charge in [-0.1, -0.05) is 32.0 Å². The molecule has 2 heteroatoms. The Morgan fingerprint density at radius 1 is 0.944 bits per heavy atom. The highest BCUT2D eigenvalue weighted by Crippen LogP contribution is 2.30. The van der Waals surface area contributed by atoms with Crippen LogP contribution in [0, 0.1) is 5.82 Å². The highest BCUT2D eigenvalue weighted by Gasteiger charge is 2.08. The van der Waals surface area contributed by atoms with Crippen LogP contribution in [0.1, 0.15) is 25.0 Å². The summed E-state index contributed by atoms with van der Waals surface area (Å²) in [6.45, 7) is 4.24. The molecule has 0 aliphatic carbocycles. The Bertz CT molecular complexity index is 561. The van der Waals surface area contributed by atoms with Crippen LogP contribution in [0.5, 0.6) is 0 Å². The van der Waals surface area contributed by atoms with E-state index < -0.39 is 0 Å². The van der Waals surface area contributed by atoms with Gasteiger partial charge < -0.3 is 5.73 Å². The predicted molar refractivity (Wildman–Crippen MR) is 75.0 cm³/mol. The lowest BCUT2D eigenvalue weighted by atomic mass is 9.94. The van der Waals surface area contributed by atoms with Crippen LogP contribution in [0.2, 0.25) is 0 Å². The van der Waals surface area contributed by atoms with Crippen LogP contribution in [0.25, 0.3) is 11.1 Å². The smallest absolute Gasteiger partial charge is 0.125 e. The lowest BCUT2D eigenvalue weighted by Gasteiger charge is -2.12. The number of hydrogen-bond acceptors (Lipinski definition) is 1. The maximum Gasteiger partial charge on any atom is 0.125 e. The van der Waals surface area contributed by atoms with Gasteiger partial charge in [0.2, 0.25) is 0 Å². The van der Waals surface area contributed by atoms with Gasteiger partial charge in [-0.25, -0.2) is 4.39 Å². The van der Waals surface area contributed by atoms with Crippen LogP contribution < -0.4 is 5.73 Å². The molecule has 0 fully saturated rings. The Balaban J connectivity index is 2.60. The summed E-state index contributed by atoms with van der Waals surface area (Å²) in [4.78, 5) is 0. The zero-order chi connectivity index (χ0) is 13.1. The van der Waals surface area contributed by atoms with Crippen LogP contribution >= 0.6 is 0 Å². The topological polar surface area (TPSA) is 26.0 Å². The summed E-state index contributed by atoms with van der Waals surface area (Å²) < 4.78 is 13.1. The van der Waals surface area contributed by atoms with Crippen molar-refractivity contribution in [3.63, 3.8) is 0 Å². The van der Waals surface area contributed by atoms with Gasteiger partial charge in [-0.3, -0.25) is 0 Å². The monoisotopic (exact) mass is 243 g/mol. The number of hydrogen-bond donors (Lipinski definition) is 1. The molecule has 94 valence electrons. The first-order chi connectivity index (χ1) is 8.65. The number of nitrogen functional groups attached to an aromatic ring is 1. The summed E-state index contributed by atoms with van der Waals surface area (Å²) in [6, 6.07) is 11.0. The van der Waals surface area contributed by atoms with Crippen molar-refractivity contribution >= 4 is 5.69 Å². The summed E-state index contributed by atoms with van der Waals surface area (Å²) in [7, 11) is 0. The van der Waals surface area contributed by atoms with Crippen LogP contribution in [0.15, 0.2) is 36.4 Å². The summed E-state index contributed by atoms with van der Waals surface area (Å²) in [5.41, 5.74) is 11.0. The van der Waals surface area contributed by atoms with Crippen molar-refractivity contribution in [1.82, 2.24) is 0 Å². The normalized spacial score (nSPS) is 10.6. The quantitative estimate of drug-likeness (QED) is 0.803. The molecule has 2 aromatic rings. The molecule has 1 nitrogen and oxygen atoms in total. The average Bonchev–Trinajstić information content (AvgIpc) is 2.38. The molecule has 0 radical (unpaired) electrons. The van der Waals surface area contributed by atoms with Gasteiger partial charge in [0.05, 0.1) is 0 Å². The molecule has 0 saturated heterocycles. The first kappa shape index (κ1) is 12.6. The van der Waals surface area contributed by atoms with Gasteiger partial charge in [0.15, 0.2) is 0 Å². The molecule has 0 atom stereocenters. The van der Waals surface area contributed by atoms with E-state index in [9.17, 15) is 4.39 Å². The fourth-order valence-corrected chi connectivity index (χ4v) is 2.18. The van der Waals surface area contributed by atoms with Crippen molar-refractivity contribution in [2.24, 2.45) is 0 Å². The SMILES string of the molecule is CCc1ccc(CC)c(-c2ccc(F)cc2N)c1. The fraction of sp³-hybridized carbons (Fsp3) is 0.250. The third-order valence-electron chi connectivity index (χ3n) is 3.27. The summed E-state index contributed by atoms with van der Waals surface area (Å²) in [5, 5.41) is 0. The third kappa shape index (κ3) is 2.37. The van der Waals surface area contributed by atoms with E-state index in [0.29, 0.717) is 5.69 Å². The number of anilines is 1. The minimum atomic E-state index is -0.291. The largest absolute Gasteiger partial charge is 0.398 e. The van der Waals surface area contributed by atoms with Crippen LogP contribution in [-0.2, 0) is 12.8 Å². The van der Waals surface area contributed by atoms with E-state index in [0.717, 1.165) is 24.0 Å². The Kier molecular flexibility index (Phi) is 3.66. The third-order valence-corrected chi connectivity index (χ3v) is 3.27. The lowest BCUT2D eigenvalue weighted by Crippen LogP contribution is -1.96. The molecule has 0 aliphatic rings. The summed E-state index contributed by atoms with van der Waals surface area (Å²) >= 11 is 0.